The Kier molecular flexibility index (Phi) is 6.88. The first kappa shape index (κ1) is 21.8. The van der Waals surface area contributed by atoms with Crippen molar-refractivity contribution >= 4 is 75.1 Å². The maximum atomic E-state index is 12.6. The first-order valence-corrected chi connectivity index (χ1v) is 10.8. The largest absolute Gasteiger partial charge is 0.459 e. The van der Waals surface area contributed by atoms with Gasteiger partial charge in [0.25, 0.3) is 5.91 Å². The SMILES string of the molecule is C=C(CCl)C(C(=O)OCC(Cl)(Cl)Cl)N1C(=O)C2N=C(Cc3ccccc3)SC21. The minimum Gasteiger partial charge on any atom is -0.459 e. The van der Waals surface area contributed by atoms with Gasteiger partial charge in [0, 0.05) is 12.3 Å². The van der Waals surface area contributed by atoms with E-state index >= 15 is 0 Å². The Hall–Kier alpha value is -0.920. The normalized spacial score (nSPS) is 22.2. The van der Waals surface area contributed by atoms with Crippen LogP contribution in [0.25, 0.3) is 0 Å². The Morgan fingerprint density at radius 2 is 2.00 bits per heavy atom. The van der Waals surface area contributed by atoms with E-state index in [9.17, 15) is 9.59 Å². The van der Waals surface area contributed by atoms with Crippen LogP contribution in [0.1, 0.15) is 5.56 Å². The zero-order valence-corrected chi connectivity index (χ0v) is 18.3. The highest BCUT2D eigenvalue weighted by molar-refractivity contribution is 8.14. The molecule has 0 saturated carbocycles. The number of hydrogen-bond acceptors (Lipinski definition) is 5. The predicted molar refractivity (Wildman–Crippen MR) is 114 cm³/mol. The van der Waals surface area contributed by atoms with Crippen molar-refractivity contribution in [3.8, 4) is 0 Å². The van der Waals surface area contributed by atoms with Crippen LogP contribution >= 0.6 is 58.2 Å². The Balaban J connectivity index is 1.71. The van der Waals surface area contributed by atoms with Gasteiger partial charge in [-0.05, 0) is 11.1 Å². The topological polar surface area (TPSA) is 59.0 Å². The summed E-state index contributed by atoms with van der Waals surface area (Å²) in [5.74, 6) is -1.03. The lowest BCUT2D eigenvalue weighted by Crippen LogP contribution is -2.66. The first-order chi connectivity index (χ1) is 13.2. The highest BCUT2D eigenvalue weighted by atomic mass is 35.6. The number of alkyl halides is 4. The van der Waals surface area contributed by atoms with E-state index in [0.717, 1.165) is 10.6 Å². The number of halogens is 4. The van der Waals surface area contributed by atoms with E-state index in [1.54, 1.807) is 0 Å². The number of esters is 1. The molecule has 2 aliphatic rings. The second-order valence-corrected chi connectivity index (χ2v) is 10.3. The van der Waals surface area contributed by atoms with Crippen LogP contribution in [0, 0.1) is 0 Å². The standard InChI is InChI=1S/C18H16Cl4N2O3S/c1-10(8-19)14(17(26)27-9-18(20,21)22)24-15(25)13-16(24)28-12(23-13)7-11-5-3-2-4-6-11/h2-6,13-14,16H,1,7-9H2. The van der Waals surface area contributed by atoms with Gasteiger partial charge < -0.3 is 9.64 Å². The molecule has 3 unspecified atom stereocenters. The van der Waals surface area contributed by atoms with Gasteiger partial charge in [-0.3, -0.25) is 9.79 Å². The van der Waals surface area contributed by atoms with Crippen molar-refractivity contribution in [3.63, 3.8) is 0 Å². The fourth-order valence-electron chi connectivity index (χ4n) is 2.95. The van der Waals surface area contributed by atoms with Gasteiger partial charge in [0.15, 0.2) is 12.1 Å². The van der Waals surface area contributed by atoms with Crippen LogP contribution in [0.15, 0.2) is 47.5 Å². The lowest BCUT2D eigenvalue weighted by atomic mass is 10.00. The molecule has 1 fully saturated rings. The number of carbonyl (C=O) groups is 2. The Labute approximate surface area is 187 Å². The van der Waals surface area contributed by atoms with Crippen molar-refractivity contribution in [2.24, 2.45) is 4.99 Å². The third kappa shape index (κ3) is 4.79. The van der Waals surface area contributed by atoms with Crippen LogP contribution in [-0.4, -0.2) is 55.6 Å². The van der Waals surface area contributed by atoms with Gasteiger partial charge in [-0.2, -0.15) is 0 Å². The van der Waals surface area contributed by atoms with Gasteiger partial charge in [-0.15, -0.1) is 11.6 Å². The molecule has 0 N–H and O–H groups in total. The monoisotopic (exact) mass is 480 g/mol. The quantitative estimate of drug-likeness (QED) is 0.255. The molecule has 0 radical (unpaired) electrons. The Morgan fingerprint density at radius 1 is 1.32 bits per heavy atom. The first-order valence-electron chi connectivity index (χ1n) is 8.27. The summed E-state index contributed by atoms with van der Waals surface area (Å²) >= 11 is 24.2. The molecule has 0 spiro atoms. The van der Waals surface area contributed by atoms with Gasteiger partial charge in [0.05, 0.1) is 5.04 Å². The van der Waals surface area contributed by atoms with Crippen LogP contribution in [0.3, 0.4) is 0 Å². The third-order valence-electron chi connectivity index (χ3n) is 4.23. The number of amides is 1. The number of hydrogen-bond donors (Lipinski definition) is 0. The van der Waals surface area contributed by atoms with E-state index in [1.165, 1.54) is 16.7 Å². The summed E-state index contributed by atoms with van der Waals surface area (Å²) in [5, 5.41) is 0.526. The molecule has 1 aromatic carbocycles. The molecule has 0 aromatic heterocycles. The molecule has 3 atom stereocenters. The van der Waals surface area contributed by atoms with E-state index in [0.29, 0.717) is 12.0 Å². The zero-order valence-electron chi connectivity index (χ0n) is 14.5. The molecule has 150 valence electrons. The number of fused-ring (bicyclic) bond motifs is 1. The summed E-state index contributed by atoms with van der Waals surface area (Å²) in [6.07, 6.45) is 0.623. The van der Waals surface area contributed by atoms with Gasteiger partial charge in [0.1, 0.15) is 12.0 Å². The van der Waals surface area contributed by atoms with Crippen molar-refractivity contribution in [1.82, 2.24) is 4.90 Å². The van der Waals surface area contributed by atoms with Gasteiger partial charge in [0.2, 0.25) is 3.79 Å². The molecule has 2 aliphatic heterocycles. The molecule has 5 nitrogen and oxygen atoms in total. The summed E-state index contributed by atoms with van der Waals surface area (Å²) in [7, 11) is 0. The minimum absolute atomic E-state index is 0.0168. The van der Waals surface area contributed by atoms with Crippen LogP contribution < -0.4 is 0 Å². The second kappa shape index (κ2) is 8.84. The van der Waals surface area contributed by atoms with E-state index in [1.807, 2.05) is 30.3 Å². The summed E-state index contributed by atoms with van der Waals surface area (Å²) < 4.78 is 3.32. The zero-order chi connectivity index (χ0) is 20.5. The maximum absolute atomic E-state index is 12.6. The number of ether oxygens (including phenoxy) is 1. The molecule has 1 aromatic rings. The summed E-state index contributed by atoms with van der Waals surface area (Å²) in [4.78, 5) is 31.1. The number of β-lactam (4-membered cyclic amide) rings is 1. The predicted octanol–water partition coefficient (Wildman–Crippen LogP) is 3.99. The van der Waals surface area contributed by atoms with E-state index in [2.05, 4.69) is 11.6 Å². The molecule has 0 aliphatic carbocycles. The third-order valence-corrected chi connectivity index (χ3v) is 6.15. The Morgan fingerprint density at radius 3 is 2.61 bits per heavy atom. The molecular weight excluding hydrogens is 466 g/mol. The molecule has 10 heteroatoms. The summed E-state index contributed by atoms with van der Waals surface area (Å²) in [5.41, 5.74) is 1.43. The summed E-state index contributed by atoms with van der Waals surface area (Å²) in [6, 6.07) is 8.26. The highest BCUT2D eigenvalue weighted by Gasteiger charge is 2.56. The van der Waals surface area contributed by atoms with Crippen LogP contribution in [0.4, 0.5) is 0 Å². The van der Waals surface area contributed by atoms with Crippen LogP contribution in [0.5, 0.6) is 0 Å². The van der Waals surface area contributed by atoms with Crippen molar-refractivity contribution in [2.75, 3.05) is 12.5 Å². The van der Waals surface area contributed by atoms with Crippen LogP contribution in [-0.2, 0) is 20.7 Å². The molecule has 0 bridgehead atoms. The molecule has 1 amide bonds. The van der Waals surface area contributed by atoms with E-state index in [4.69, 9.17) is 51.1 Å². The summed E-state index contributed by atoms with van der Waals surface area (Å²) in [6.45, 7) is 3.36. The van der Waals surface area contributed by atoms with Crippen molar-refractivity contribution in [3.05, 3.63) is 48.0 Å². The molecule has 2 heterocycles. The second-order valence-electron chi connectivity index (χ2n) is 6.30. The fourth-order valence-corrected chi connectivity index (χ4v) is 4.61. The van der Waals surface area contributed by atoms with Crippen LogP contribution in [0.2, 0.25) is 0 Å². The molecular formula is C18H16Cl4N2O3S. The average Bonchev–Trinajstić information content (AvgIpc) is 3.02. The van der Waals surface area contributed by atoms with E-state index < -0.39 is 28.5 Å². The lowest BCUT2D eigenvalue weighted by molar-refractivity contribution is -0.160. The molecule has 1 saturated heterocycles. The smallest absolute Gasteiger partial charge is 0.333 e. The van der Waals surface area contributed by atoms with Gasteiger partial charge >= 0.3 is 5.97 Å². The van der Waals surface area contributed by atoms with E-state index in [-0.39, 0.29) is 17.2 Å². The van der Waals surface area contributed by atoms with Crippen molar-refractivity contribution in [2.45, 2.75) is 27.7 Å². The van der Waals surface area contributed by atoms with Crippen molar-refractivity contribution < 1.29 is 14.3 Å². The Bertz CT molecular complexity index is 813. The number of benzene rings is 1. The number of nitrogens with zero attached hydrogens (tertiary/aromatic N) is 2. The van der Waals surface area contributed by atoms with Gasteiger partial charge in [-0.25, -0.2) is 4.79 Å². The molecule has 28 heavy (non-hydrogen) atoms. The molecule has 3 rings (SSSR count). The number of likely N-dealkylation sites (tertiary alicyclic amines) is 1. The number of rotatable bonds is 7. The lowest BCUT2D eigenvalue weighted by Gasteiger charge is -2.45. The number of carbonyl (C=O) groups excluding carboxylic acids is 2. The highest BCUT2D eigenvalue weighted by Crippen LogP contribution is 2.42. The maximum Gasteiger partial charge on any atom is 0.333 e. The fraction of sp³-hybridized carbons (Fsp3) is 0.389. The van der Waals surface area contributed by atoms with Crippen molar-refractivity contribution in [1.29, 1.82) is 0 Å². The minimum atomic E-state index is -1.75. The van der Waals surface area contributed by atoms with Gasteiger partial charge in [-0.1, -0.05) is 83.5 Å². The number of aliphatic imine (C=N–C) groups is 1. The number of thioether (sulfide) groups is 1. The average molecular weight is 482 g/mol.